The van der Waals surface area contributed by atoms with E-state index >= 15 is 0 Å². The number of amides is 1. The number of nitrogens with one attached hydrogen (secondary N) is 1. The third-order valence-corrected chi connectivity index (χ3v) is 5.64. The van der Waals surface area contributed by atoms with Crippen LogP contribution in [0.5, 0.6) is 0 Å². The van der Waals surface area contributed by atoms with E-state index in [1.165, 1.54) is 12.1 Å². The second-order valence-electron chi connectivity index (χ2n) is 6.60. The summed E-state index contributed by atoms with van der Waals surface area (Å²) in [6.45, 7) is 0.495. The first-order valence-electron chi connectivity index (χ1n) is 9.17. The molecule has 1 N–H and O–H groups in total. The molecule has 0 radical (unpaired) electrons. The highest BCUT2D eigenvalue weighted by molar-refractivity contribution is 7.09. The summed E-state index contributed by atoms with van der Waals surface area (Å²) in [6.07, 6.45) is 5.04. The Kier molecular flexibility index (Phi) is 5.48. The molecule has 3 heterocycles. The normalized spacial score (nSPS) is 12.2. The Bertz CT molecular complexity index is 1060. The molecule has 0 aliphatic carbocycles. The van der Waals surface area contributed by atoms with Crippen molar-refractivity contribution in [3.8, 4) is 0 Å². The molecule has 1 amide bonds. The summed E-state index contributed by atoms with van der Waals surface area (Å²) in [5, 5.41) is 5.03. The second kappa shape index (κ2) is 8.35. The van der Waals surface area contributed by atoms with Gasteiger partial charge in [-0.15, -0.1) is 11.3 Å². The molecule has 0 fully saturated rings. The second-order valence-corrected chi connectivity index (χ2v) is 7.63. The Labute approximate surface area is 166 Å². The van der Waals surface area contributed by atoms with Crippen LogP contribution >= 0.6 is 11.3 Å². The lowest BCUT2D eigenvalue weighted by molar-refractivity contribution is -0.122. The molecule has 4 nitrogen and oxygen atoms in total. The number of imidazole rings is 1. The standard InChI is InChI=1S/C22H20FN3OS/c23-17-8-6-16(7-9-17)20(14-19-5-3-13-28-19)22(27)24-11-10-21-25-15-18-4-1-2-12-26(18)21/h1-9,12-13,15,20H,10-11,14H2,(H,24,27). The molecule has 0 saturated heterocycles. The molecule has 0 spiro atoms. The maximum Gasteiger partial charge on any atom is 0.227 e. The topological polar surface area (TPSA) is 46.4 Å². The van der Waals surface area contributed by atoms with Gasteiger partial charge >= 0.3 is 0 Å². The molecule has 1 unspecified atom stereocenters. The molecule has 142 valence electrons. The minimum Gasteiger partial charge on any atom is -0.355 e. The molecule has 0 aliphatic rings. The number of nitrogens with zero attached hydrogens (tertiary/aromatic N) is 2. The minimum absolute atomic E-state index is 0.0548. The summed E-state index contributed by atoms with van der Waals surface area (Å²) < 4.78 is 15.3. The van der Waals surface area contributed by atoms with E-state index in [2.05, 4.69) is 10.3 Å². The quantitative estimate of drug-likeness (QED) is 0.511. The average Bonchev–Trinajstić information content (AvgIpc) is 3.37. The number of hydrogen-bond acceptors (Lipinski definition) is 3. The lowest BCUT2D eigenvalue weighted by Crippen LogP contribution is -2.32. The summed E-state index contributed by atoms with van der Waals surface area (Å²) in [7, 11) is 0. The summed E-state index contributed by atoms with van der Waals surface area (Å²) in [6, 6.07) is 16.1. The lowest BCUT2D eigenvalue weighted by atomic mass is 9.94. The van der Waals surface area contributed by atoms with Gasteiger partial charge in [0.1, 0.15) is 11.6 Å². The van der Waals surface area contributed by atoms with Gasteiger partial charge in [0.05, 0.1) is 17.6 Å². The summed E-state index contributed by atoms with van der Waals surface area (Å²) >= 11 is 1.62. The number of carbonyl (C=O) groups excluding carboxylic acids is 1. The van der Waals surface area contributed by atoms with Crippen molar-refractivity contribution < 1.29 is 9.18 Å². The van der Waals surface area contributed by atoms with Crippen molar-refractivity contribution in [3.05, 3.63) is 94.5 Å². The molecule has 1 atom stereocenters. The van der Waals surface area contributed by atoms with E-state index in [9.17, 15) is 9.18 Å². The fourth-order valence-electron chi connectivity index (χ4n) is 3.29. The van der Waals surface area contributed by atoms with Crippen LogP contribution in [-0.4, -0.2) is 21.8 Å². The predicted molar refractivity (Wildman–Crippen MR) is 109 cm³/mol. The van der Waals surface area contributed by atoms with E-state index in [0.29, 0.717) is 19.4 Å². The Balaban J connectivity index is 1.45. The Hall–Kier alpha value is -2.99. The van der Waals surface area contributed by atoms with Crippen molar-refractivity contribution in [2.45, 2.75) is 18.8 Å². The Morgan fingerprint density at radius 1 is 1.14 bits per heavy atom. The Morgan fingerprint density at radius 2 is 2.00 bits per heavy atom. The SMILES string of the molecule is O=C(NCCc1ncc2ccccn12)C(Cc1cccs1)c1ccc(F)cc1. The number of aromatic nitrogens is 2. The third kappa shape index (κ3) is 4.12. The molecule has 4 aromatic rings. The van der Waals surface area contributed by atoms with E-state index in [1.807, 2.05) is 52.5 Å². The zero-order chi connectivity index (χ0) is 19.3. The summed E-state index contributed by atoms with van der Waals surface area (Å²) in [4.78, 5) is 18.5. The molecule has 6 heteroatoms. The molecule has 0 saturated carbocycles. The highest BCUT2D eigenvalue weighted by Crippen LogP contribution is 2.24. The van der Waals surface area contributed by atoms with Gasteiger partial charge in [-0.3, -0.25) is 4.79 Å². The van der Waals surface area contributed by atoms with Gasteiger partial charge in [-0.2, -0.15) is 0 Å². The van der Waals surface area contributed by atoms with Gasteiger partial charge in [-0.25, -0.2) is 9.37 Å². The fourth-order valence-corrected chi connectivity index (χ4v) is 4.04. The molecular formula is C22H20FN3OS. The van der Waals surface area contributed by atoms with Gasteiger partial charge in [0.25, 0.3) is 0 Å². The minimum atomic E-state index is -0.351. The van der Waals surface area contributed by atoms with E-state index in [1.54, 1.807) is 23.5 Å². The van der Waals surface area contributed by atoms with Crippen LogP contribution in [0, 0.1) is 5.82 Å². The van der Waals surface area contributed by atoms with Crippen LogP contribution < -0.4 is 5.32 Å². The summed E-state index contributed by atoms with van der Waals surface area (Å²) in [5.74, 6) is 0.204. The first-order chi connectivity index (χ1) is 13.7. The molecule has 1 aromatic carbocycles. The number of rotatable bonds is 7. The molecule has 4 rings (SSSR count). The largest absolute Gasteiger partial charge is 0.355 e. The number of carbonyl (C=O) groups is 1. The van der Waals surface area contributed by atoms with Gasteiger partial charge in [-0.05, 0) is 47.7 Å². The van der Waals surface area contributed by atoms with Gasteiger partial charge < -0.3 is 9.72 Å². The number of hydrogen-bond donors (Lipinski definition) is 1. The van der Waals surface area contributed by atoms with Gasteiger partial charge in [-0.1, -0.05) is 24.3 Å². The number of halogens is 1. The van der Waals surface area contributed by atoms with Crippen LogP contribution in [-0.2, 0) is 17.6 Å². The van der Waals surface area contributed by atoms with Gasteiger partial charge in [0, 0.05) is 24.0 Å². The van der Waals surface area contributed by atoms with Crippen LogP contribution in [0.4, 0.5) is 4.39 Å². The highest BCUT2D eigenvalue weighted by Gasteiger charge is 2.21. The Morgan fingerprint density at radius 3 is 2.79 bits per heavy atom. The number of fused-ring (bicyclic) bond motifs is 1. The zero-order valence-electron chi connectivity index (χ0n) is 15.2. The van der Waals surface area contributed by atoms with Crippen molar-refractivity contribution in [1.82, 2.24) is 14.7 Å². The summed E-state index contributed by atoms with van der Waals surface area (Å²) in [5.41, 5.74) is 1.85. The van der Waals surface area contributed by atoms with E-state index in [4.69, 9.17) is 0 Å². The molecular weight excluding hydrogens is 373 g/mol. The average molecular weight is 393 g/mol. The van der Waals surface area contributed by atoms with Crippen LogP contribution in [0.3, 0.4) is 0 Å². The van der Waals surface area contributed by atoms with Crippen molar-refractivity contribution >= 4 is 22.8 Å². The van der Waals surface area contributed by atoms with Crippen LogP contribution in [0.1, 0.15) is 22.2 Å². The van der Waals surface area contributed by atoms with Crippen molar-refractivity contribution in [2.75, 3.05) is 6.54 Å². The monoisotopic (exact) mass is 393 g/mol. The molecule has 0 aliphatic heterocycles. The molecule has 28 heavy (non-hydrogen) atoms. The van der Waals surface area contributed by atoms with Crippen molar-refractivity contribution in [3.63, 3.8) is 0 Å². The van der Waals surface area contributed by atoms with Gasteiger partial charge in [0.2, 0.25) is 5.91 Å². The van der Waals surface area contributed by atoms with Crippen LogP contribution in [0.15, 0.2) is 72.4 Å². The number of thiophene rings is 1. The fraction of sp³-hybridized carbons (Fsp3) is 0.182. The molecule has 3 aromatic heterocycles. The predicted octanol–water partition coefficient (Wildman–Crippen LogP) is 4.22. The maximum absolute atomic E-state index is 13.3. The van der Waals surface area contributed by atoms with E-state index in [0.717, 1.165) is 21.8 Å². The van der Waals surface area contributed by atoms with Crippen molar-refractivity contribution in [1.29, 1.82) is 0 Å². The van der Waals surface area contributed by atoms with Crippen LogP contribution in [0.25, 0.3) is 5.52 Å². The smallest absolute Gasteiger partial charge is 0.227 e. The van der Waals surface area contributed by atoms with Crippen LogP contribution in [0.2, 0.25) is 0 Å². The van der Waals surface area contributed by atoms with E-state index < -0.39 is 0 Å². The number of benzene rings is 1. The van der Waals surface area contributed by atoms with Crippen molar-refractivity contribution in [2.24, 2.45) is 0 Å². The van der Waals surface area contributed by atoms with Gasteiger partial charge in [0.15, 0.2) is 0 Å². The molecule has 0 bridgehead atoms. The first kappa shape index (κ1) is 18.4. The third-order valence-electron chi connectivity index (χ3n) is 4.74. The number of pyridine rings is 1. The van der Waals surface area contributed by atoms with E-state index in [-0.39, 0.29) is 17.6 Å². The highest BCUT2D eigenvalue weighted by atomic mass is 32.1. The zero-order valence-corrected chi connectivity index (χ0v) is 16.0. The lowest BCUT2D eigenvalue weighted by Gasteiger charge is -2.17. The first-order valence-corrected chi connectivity index (χ1v) is 10.1. The maximum atomic E-state index is 13.3.